The lowest BCUT2D eigenvalue weighted by Crippen LogP contribution is -2.31. The van der Waals surface area contributed by atoms with Gasteiger partial charge in [0.2, 0.25) is 7.42 Å². The number of halogens is 2. The SMILES string of the molecule is Brc1cccc2c1-c1ccccc1[Si]2Br. The van der Waals surface area contributed by atoms with Crippen LogP contribution in [0.1, 0.15) is 0 Å². The quantitative estimate of drug-likeness (QED) is 0.512. The Hall–Kier alpha value is -0.383. The highest BCUT2D eigenvalue weighted by Gasteiger charge is 2.29. The maximum absolute atomic E-state index is 3.85. The molecule has 73 valence electrons. The fraction of sp³-hybridized carbons (Fsp3) is 0. The normalized spacial score (nSPS) is 13.7. The van der Waals surface area contributed by atoms with Crippen LogP contribution in [0.3, 0.4) is 0 Å². The van der Waals surface area contributed by atoms with Gasteiger partial charge in [-0.1, -0.05) is 52.3 Å². The molecule has 0 spiro atoms. The van der Waals surface area contributed by atoms with Crippen LogP contribution in [-0.4, -0.2) is 7.42 Å². The fourth-order valence-corrected chi connectivity index (χ4v) is 6.52. The van der Waals surface area contributed by atoms with Crippen molar-refractivity contribution in [3.8, 4) is 11.1 Å². The van der Waals surface area contributed by atoms with Crippen LogP contribution in [0.2, 0.25) is 0 Å². The van der Waals surface area contributed by atoms with Crippen molar-refractivity contribution in [3.63, 3.8) is 0 Å². The van der Waals surface area contributed by atoms with Crippen LogP contribution in [0.15, 0.2) is 46.9 Å². The van der Waals surface area contributed by atoms with E-state index in [9.17, 15) is 0 Å². The van der Waals surface area contributed by atoms with Crippen molar-refractivity contribution in [2.24, 2.45) is 0 Å². The summed E-state index contributed by atoms with van der Waals surface area (Å²) < 4.78 is 1.20. The largest absolute Gasteiger partial charge is 0.205 e. The van der Waals surface area contributed by atoms with E-state index in [1.54, 1.807) is 0 Å². The molecule has 0 unspecified atom stereocenters. The minimum absolute atomic E-state index is 0.710. The Morgan fingerprint density at radius 2 is 1.60 bits per heavy atom. The second-order valence-corrected chi connectivity index (χ2v) is 8.46. The molecule has 0 nitrogen and oxygen atoms in total. The van der Waals surface area contributed by atoms with Gasteiger partial charge in [-0.25, -0.2) is 0 Å². The lowest BCUT2D eigenvalue weighted by molar-refractivity contribution is 1.66. The van der Waals surface area contributed by atoms with Gasteiger partial charge in [-0.2, -0.15) is 0 Å². The Balaban J connectivity index is 2.39. The Kier molecular flexibility index (Phi) is 2.34. The summed E-state index contributed by atoms with van der Waals surface area (Å²) in [7, 11) is -0.710. The monoisotopic (exact) mass is 337 g/mol. The van der Waals surface area contributed by atoms with Crippen molar-refractivity contribution >= 4 is 49.0 Å². The molecule has 0 atom stereocenters. The number of rotatable bonds is 0. The van der Waals surface area contributed by atoms with Gasteiger partial charge in [0.1, 0.15) is 0 Å². The van der Waals surface area contributed by atoms with E-state index in [1.807, 2.05) is 0 Å². The Morgan fingerprint density at radius 3 is 2.47 bits per heavy atom. The van der Waals surface area contributed by atoms with Gasteiger partial charge in [-0.05, 0) is 27.6 Å². The summed E-state index contributed by atoms with van der Waals surface area (Å²) in [6, 6.07) is 15.1. The molecule has 2 aromatic rings. The van der Waals surface area contributed by atoms with Crippen LogP contribution in [-0.2, 0) is 0 Å². The summed E-state index contributed by atoms with van der Waals surface area (Å²) in [6.07, 6.45) is 0. The topological polar surface area (TPSA) is 0 Å². The van der Waals surface area contributed by atoms with Crippen molar-refractivity contribution in [2.45, 2.75) is 0 Å². The average molecular weight is 339 g/mol. The molecule has 1 aliphatic rings. The smallest absolute Gasteiger partial charge is 0.116 e. The van der Waals surface area contributed by atoms with Crippen molar-refractivity contribution in [3.05, 3.63) is 46.9 Å². The van der Waals surface area contributed by atoms with Crippen LogP contribution in [0, 0.1) is 0 Å². The minimum atomic E-state index is -0.710. The summed E-state index contributed by atoms with van der Waals surface area (Å²) in [4.78, 5) is 0. The van der Waals surface area contributed by atoms with E-state index >= 15 is 0 Å². The number of hydrogen-bond donors (Lipinski definition) is 0. The van der Waals surface area contributed by atoms with Gasteiger partial charge < -0.3 is 0 Å². The first-order valence-electron chi connectivity index (χ1n) is 4.70. The van der Waals surface area contributed by atoms with E-state index < -0.39 is 7.42 Å². The molecule has 0 aromatic heterocycles. The third-order valence-electron chi connectivity index (χ3n) is 2.68. The van der Waals surface area contributed by atoms with E-state index in [0.29, 0.717) is 0 Å². The molecular formula is C12H7Br2Si. The highest BCUT2D eigenvalue weighted by molar-refractivity contribution is 9.25. The highest BCUT2D eigenvalue weighted by Crippen LogP contribution is 2.31. The van der Waals surface area contributed by atoms with Crippen LogP contribution in [0.5, 0.6) is 0 Å². The zero-order valence-electron chi connectivity index (χ0n) is 7.80. The van der Waals surface area contributed by atoms with E-state index in [2.05, 4.69) is 73.7 Å². The lowest BCUT2D eigenvalue weighted by Gasteiger charge is -2.03. The third kappa shape index (κ3) is 1.37. The van der Waals surface area contributed by atoms with Gasteiger partial charge in [-0.3, -0.25) is 0 Å². The summed E-state index contributed by atoms with van der Waals surface area (Å²) in [5.41, 5.74) is 2.75. The first-order valence-corrected chi connectivity index (χ1v) is 9.25. The maximum Gasteiger partial charge on any atom is 0.205 e. The Bertz CT molecular complexity index is 537. The van der Waals surface area contributed by atoms with Crippen LogP contribution in [0.25, 0.3) is 11.1 Å². The summed E-state index contributed by atoms with van der Waals surface area (Å²) in [5.74, 6) is 0. The predicted octanol–water partition coefficient (Wildman–Crippen LogP) is 2.93. The average Bonchev–Trinajstić information content (AvgIpc) is 2.55. The van der Waals surface area contributed by atoms with Crippen molar-refractivity contribution in [2.75, 3.05) is 0 Å². The first-order chi connectivity index (χ1) is 7.29. The van der Waals surface area contributed by atoms with Crippen molar-refractivity contribution in [1.29, 1.82) is 0 Å². The van der Waals surface area contributed by atoms with E-state index in [0.717, 1.165) is 0 Å². The van der Waals surface area contributed by atoms with Gasteiger partial charge >= 0.3 is 0 Å². The summed E-state index contributed by atoms with van der Waals surface area (Å²) in [6.45, 7) is 0. The zero-order chi connectivity index (χ0) is 10.4. The predicted molar refractivity (Wildman–Crippen MR) is 73.5 cm³/mol. The molecule has 1 aliphatic heterocycles. The molecule has 1 heterocycles. The molecule has 0 N–H and O–H groups in total. The summed E-state index contributed by atoms with van der Waals surface area (Å²) >= 11 is 7.49. The third-order valence-corrected chi connectivity index (χ3v) is 7.71. The maximum atomic E-state index is 3.85. The van der Waals surface area contributed by atoms with E-state index in [-0.39, 0.29) is 0 Å². The van der Waals surface area contributed by atoms with Crippen LogP contribution in [0.4, 0.5) is 0 Å². The molecular weight excluding hydrogens is 332 g/mol. The second-order valence-electron chi connectivity index (χ2n) is 3.52. The molecule has 0 bridgehead atoms. The molecule has 2 aromatic carbocycles. The Labute approximate surface area is 107 Å². The fourth-order valence-electron chi connectivity index (χ4n) is 2.02. The number of hydrogen-bond acceptors (Lipinski definition) is 0. The molecule has 0 aliphatic carbocycles. The van der Waals surface area contributed by atoms with Gasteiger partial charge in [0, 0.05) is 4.47 Å². The van der Waals surface area contributed by atoms with E-state index in [1.165, 1.54) is 26.0 Å². The standard InChI is InChI=1S/C12H7Br2Si/c13-9-5-3-7-11-12(9)8-4-1-2-6-10(8)15(11)14/h1-7H. The van der Waals surface area contributed by atoms with Crippen molar-refractivity contribution < 1.29 is 0 Å². The molecule has 0 saturated carbocycles. The van der Waals surface area contributed by atoms with Gasteiger partial charge in [0.05, 0.1) is 0 Å². The number of fused-ring (bicyclic) bond motifs is 3. The molecule has 1 radical (unpaired) electrons. The van der Waals surface area contributed by atoms with Crippen molar-refractivity contribution in [1.82, 2.24) is 0 Å². The van der Waals surface area contributed by atoms with E-state index in [4.69, 9.17) is 0 Å². The van der Waals surface area contributed by atoms with Gasteiger partial charge in [0.15, 0.2) is 0 Å². The minimum Gasteiger partial charge on any atom is -0.116 e. The molecule has 0 saturated heterocycles. The summed E-state index contributed by atoms with van der Waals surface area (Å²) in [5, 5.41) is 2.92. The molecule has 0 amide bonds. The molecule has 0 fully saturated rings. The molecule has 3 rings (SSSR count). The highest BCUT2D eigenvalue weighted by atomic mass is 79.9. The molecule has 15 heavy (non-hydrogen) atoms. The number of benzene rings is 2. The van der Waals surface area contributed by atoms with Crippen LogP contribution < -0.4 is 10.4 Å². The lowest BCUT2D eigenvalue weighted by atomic mass is 10.1. The van der Waals surface area contributed by atoms with Gasteiger partial charge in [0.25, 0.3) is 0 Å². The van der Waals surface area contributed by atoms with Gasteiger partial charge in [-0.15, -0.1) is 15.3 Å². The Morgan fingerprint density at radius 1 is 0.867 bits per heavy atom. The molecule has 3 heteroatoms. The van der Waals surface area contributed by atoms with Crippen LogP contribution >= 0.6 is 31.2 Å². The second kappa shape index (κ2) is 3.58. The zero-order valence-corrected chi connectivity index (χ0v) is 12.0. The first kappa shape index (κ1) is 9.82.